The smallest absolute Gasteiger partial charge is 0.273 e. The highest BCUT2D eigenvalue weighted by Gasteiger charge is 2.32. The average Bonchev–Trinajstić information content (AvgIpc) is 3.16. The van der Waals surface area contributed by atoms with Gasteiger partial charge in [-0.2, -0.15) is 5.10 Å². The van der Waals surface area contributed by atoms with Crippen molar-refractivity contribution in [3.8, 4) is 0 Å². The van der Waals surface area contributed by atoms with Gasteiger partial charge in [-0.25, -0.2) is 4.98 Å². The number of rotatable bonds is 3. The Morgan fingerprint density at radius 3 is 2.95 bits per heavy atom. The summed E-state index contributed by atoms with van der Waals surface area (Å²) in [7, 11) is 1.87. The molecule has 2 aromatic heterocycles. The molecule has 0 aliphatic carbocycles. The zero-order valence-electron chi connectivity index (χ0n) is 12.4. The molecule has 1 aliphatic heterocycles. The van der Waals surface area contributed by atoms with Crippen LogP contribution in [0, 0.1) is 0 Å². The Hall–Kier alpha value is -2.22. The van der Waals surface area contributed by atoms with Gasteiger partial charge < -0.3 is 10.2 Å². The summed E-state index contributed by atoms with van der Waals surface area (Å²) in [5, 5.41) is 8.92. The van der Waals surface area contributed by atoms with Crippen LogP contribution >= 0.6 is 11.3 Å². The third-order valence-corrected chi connectivity index (χ3v) is 4.39. The van der Waals surface area contributed by atoms with E-state index in [0.29, 0.717) is 17.4 Å². The molecule has 3 heterocycles. The fourth-order valence-electron chi connectivity index (χ4n) is 2.70. The van der Waals surface area contributed by atoms with Crippen molar-refractivity contribution in [1.82, 2.24) is 19.7 Å². The summed E-state index contributed by atoms with van der Waals surface area (Å²) in [6, 6.07) is 0.0483. The minimum atomic E-state index is -0.192. The van der Waals surface area contributed by atoms with Crippen LogP contribution in [0.3, 0.4) is 0 Å². The van der Waals surface area contributed by atoms with E-state index in [0.717, 1.165) is 18.4 Å². The fourth-order valence-corrected chi connectivity index (χ4v) is 3.43. The van der Waals surface area contributed by atoms with Gasteiger partial charge >= 0.3 is 0 Å². The van der Waals surface area contributed by atoms with Gasteiger partial charge in [-0.05, 0) is 12.8 Å². The summed E-state index contributed by atoms with van der Waals surface area (Å²) in [6.07, 6.45) is 5.65. The second-order valence-corrected chi connectivity index (χ2v) is 6.18. The molecular formula is C14H17N5O2S. The average molecular weight is 319 g/mol. The van der Waals surface area contributed by atoms with Gasteiger partial charge in [0.05, 0.1) is 12.2 Å². The van der Waals surface area contributed by atoms with E-state index in [1.54, 1.807) is 16.3 Å². The maximum absolute atomic E-state index is 12.7. The Morgan fingerprint density at radius 1 is 1.45 bits per heavy atom. The number of nitrogens with zero attached hydrogens (tertiary/aromatic N) is 4. The highest BCUT2D eigenvalue weighted by atomic mass is 32.1. The first-order valence-corrected chi connectivity index (χ1v) is 7.95. The summed E-state index contributed by atoms with van der Waals surface area (Å²) in [4.78, 5) is 29.7. The van der Waals surface area contributed by atoms with Gasteiger partial charge in [0.1, 0.15) is 5.69 Å². The van der Waals surface area contributed by atoms with Crippen molar-refractivity contribution in [2.75, 3.05) is 11.9 Å². The molecule has 0 radical (unpaired) electrons. The Bertz CT molecular complexity index is 708. The van der Waals surface area contributed by atoms with Crippen LogP contribution in [0.25, 0.3) is 0 Å². The molecule has 0 aromatic carbocycles. The fraction of sp³-hybridized carbons (Fsp3) is 0.429. The van der Waals surface area contributed by atoms with Crippen molar-refractivity contribution in [2.24, 2.45) is 7.05 Å². The van der Waals surface area contributed by atoms with Crippen LogP contribution in [0.5, 0.6) is 0 Å². The second-order valence-electron chi connectivity index (χ2n) is 5.32. The van der Waals surface area contributed by atoms with Crippen LogP contribution in [0.15, 0.2) is 17.8 Å². The molecule has 1 saturated heterocycles. The zero-order valence-corrected chi connectivity index (χ0v) is 13.3. The minimum Gasteiger partial charge on any atom is -0.330 e. The summed E-state index contributed by atoms with van der Waals surface area (Å²) in [6.45, 7) is 2.13. The number of hydrogen-bond donors (Lipinski definition) is 1. The van der Waals surface area contributed by atoms with Gasteiger partial charge in [-0.3, -0.25) is 14.3 Å². The molecule has 1 fully saturated rings. The molecule has 7 nitrogen and oxygen atoms in total. The van der Waals surface area contributed by atoms with Crippen molar-refractivity contribution in [3.63, 3.8) is 0 Å². The molecule has 8 heteroatoms. The molecule has 0 bridgehead atoms. The maximum atomic E-state index is 12.7. The number of anilines is 1. The van der Waals surface area contributed by atoms with E-state index in [1.807, 2.05) is 18.1 Å². The summed E-state index contributed by atoms with van der Waals surface area (Å²) in [5.74, 6) is -0.290. The van der Waals surface area contributed by atoms with Crippen molar-refractivity contribution in [2.45, 2.75) is 25.8 Å². The van der Waals surface area contributed by atoms with E-state index in [4.69, 9.17) is 0 Å². The van der Waals surface area contributed by atoms with Gasteiger partial charge in [0.15, 0.2) is 5.13 Å². The number of thiazole rings is 1. The summed E-state index contributed by atoms with van der Waals surface area (Å²) in [5.41, 5.74) is 1.43. The third kappa shape index (κ3) is 2.87. The van der Waals surface area contributed by atoms with Crippen molar-refractivity contribution < 1.29 is 9.59 Å². The first-order valence-electron chi connectivity index (χ1n) is 7.07. The van der Waals surface area contributed by atoms with E-state index < -0.39 is 0 Å². The molecule has 1 unspecified atom stereocenters. The molecule has 2 aromatic rings. The van der Waals surface area contributed by atoms with Crippen LogP contribution in [-0.2, 0) is 11.8 Å². The number of aryl methyl sites for hydroxylation is 1. The van der Waals surface area contributed by atoms with E-state index in [1.165, 1.54) is 18.3 Å². The van der Waals surface area contributed by atoms with Crippen LogP contribution in [0.2, 0.25) is 0 Å². The first-order chi connectivity index (χ1) is 10.5. The summed E-state index contributed by atoms with van der Waals surface area (Å²) >= 11 is 1.26. The number of amides is 2. The lowest BCUT2D eigenvalue weighted by Crippen LogP contribution is -2.30. The number of likely N-dealkylation sites (tertiary alicyclic amines) is 1. The third-order valence-electron chi connectivity index (χ3n) is 3.63. The molecule has 116 valence electrons. The Kier molecular flexibility index (Phi) is 3.93. The van der Waals surface area contributed by atoms with Crippen molar-refractivity contribution in [1.29, 1.82) is 0 Å². The van der Waals surface area contributed by atoms with Crippen molar-refractivity contribution in [3.05, 3.63) is 29.0 Å². The van der Waals surface area contributed by atoms with E-state index in [-0.39, 0.29) is 17.9 Å². The van der Waals surface area contributed by atoms with Crippen LogP contribution in [0.1, 0.15) is 41.9 Å². The SMILES string of the molecule is CC(=O)Nc1nc(C(=O)N2CCCC2c2cnn(C)c2)cs1. The van der Waals surface area contributed by atoms with Gasteiger partial charge in [0, 0.05) is 37.7 Å². The molecule has 22 heavy (non-hydrogen) atoms. The standard InChI is InChI=1S/C14H17N5O2S/c1-9(20)16-14-17-11(8-22-14)13(21)19-5-3-4-12(19)10-6-15-18(2)7-10/h6-8,12H,3-5H2,1-2H3,(H,16,17,20). The summed E-state index contributed by atoms with van der Waals surface area (Å²) < 4.78 is 1.74. The molecule has 3 rings (SSSR count). The first kappa shape index (κ1) is 14.7. The molecule has 2 amide bonds. The van der Waals surface area contributed by atoms with Gasteiger partial charge in [-0.15, -0.1) is 11.3 Å². The van der Waals surface area contributed by atoms with E-state index >= 15 is 0 Å². The van der Waals surface area contributed by atoms with Gasteiger partial charge in [-0.1, -0.05) is 0 Å². The van der Waals surface area contributed by atoms with Crippen LogP contribution in [-0.4, -0.2) is 38.0 Å². The van der Waals surface area contributed by atoms with Crippen molar-refractivity contribution >= 4 is 28.3 Å². The van der Waals surface area contributed by atoms with E-state index in [9.17, 15) is 9.59 Å². The monoisotopic (exact) mass is 319 g/mol. The molecule has 1 aliphatic rings. The van der Waals surface area contributed by atoms with Gasteiger partial charge in [0.25, 0.3) is 5.91 Å². The molecular weight excluding hydrogens is 302 g/mol. The Morgan fingerprint density at radius 2 is 2.27 bits per heavy atom. The van der Waals surface area contributed by atoms with E-state index in [2.05, 4.69) is 15.4 Å². The lowest BCUT2D eigenvalue weighted by molar-refractivity contribution is -0.114. The predicted octanol–water partition coefficient (Wildman–Crippen LogP) is 1.81. The number of carbonyl (C=O) groups excluding carboxylic acids is 2. The van der Waals surface area contributed by atoms with Gasteiger partial charge in [0.2, 0.25) is 5.91 Å². The molecule has 0 spiro atoms. The largest absolute Gasteiger partial charge is 0.330 e. The van der Waals surface area contributed by atoms with Crippen LogP contribution < -0.4 is 5.32 Å². The predicted molar refractivity (Wildman–Crippen MR) is 82.6 cm³/mol. The normalized spacial score (nSPS) is 17.7. The number of carbonyl (C=O) groups is 2. The lowest BCUT2D eigenvalue weighted by Gasteiger charge is -2.22. The quantitative estimate of drug-likeness (QED) is 0.935. The Balaban J connectivity index is 1.78. The number of hydrogen-bond acceptors (Lipinski definition) is 5. The highest BCUT2D eigenvalue weighted by Crippen LogP contribution is 2.33. The lowest BCUT2D eigenvalue weighted by atomic mass is 10.1. The molecule has 0 saturated carbocycles. The number of aromatic nitrogens is 3. The molecule has 1 N–H and O–H groups in total. The second kappa shape index (κ2) is 5.88. The maximum Gasteiger partial charge on any atom is 0.273 e. The minimum absolute atomic E-state index is 0.0483. The highest BCUT2D eigenvalue weighted by molar-refractivity contribution is 7.14. The number of nitrogens with one attached hydrogen (secondary N) is 1. The van der Waals surface area contributed by atoms with Crippen LogP contribution in [0.4, 0.5) is 5.13 Å². The molecule has 1 atom stereocenters. The topological polar surface area (TPSA) is 80.1 Å². The zero-order chi connectivity index (χ0) is 15.7. The Labute approximate surface area is 132 Å².